The Morgan fingerprint density at radius 2 is 2.30 bits per heavy atom. The van der Waals surface area contributed by atoms with Crippen LogP contribution >= 0.6 is 0 Å². The van der Waals surface area contributed by atoms with Gasteiger partial charge in [-0.15, -0.1) is 0 Å². The number of nitrogens with zero attached hydrogens (tertiary/aromatic N) is 2. The van der Waals surface area contributed by atoms with Gasteiger partial charge in [0.15, 0.2) is 0 Å². The number of carbonyl (C=O) groups excluding carboxylic acids is 1. The van der Waals surface area contributed by atoms with Crippen molar-refractivity contribution < 1.29 is 9.53 Å². The first-order chi connectivity index (χ1) is 9.63. The molecule has 0 spiro atoms. The highest BCUT2D eigenvalue weighted by atomic mass is 16.5. The second-order valence-electron chi connectivity index (χ2n) is 5.42. The topological polar surface area (TPSA) is 54.5 Å². The molecule has 1 N–H and O–H groups in total. The van der Waals surface area contributed by atoms with Crippen LogP contribution < -0.4 is 5.32 Å². The average Bonchev–Trinajstić information content (AvgIpc) is 2.93. The van der Waals surface area contributed by atoms with Crippen LogP contribution in [0, 0.1) is 5.92 Å². The van der Waals surface area contributed by atoms with Crippen molar-refractivity contribution in [2.24, 2.45) is 5.92 Å². The molecule has 0 saturated carbocycles. The molecule has 1 fully saturated rings. The number of likely N-dealkylation sites (N-methyl/N-ethyl adjacent to an activating group) is 1. The maximum absolute atomic E-state index is 12.7. The fourth-order valence-electron chi connectivity index (χ4n) is 2.48. The van der Waals surface area contributed by atoms with Crippen LogP contribution in [0.15, 0.2) is 24.4 Å². The van der Waals surface area contributed by atoms with E-state index in [1.807, 2.05) is 44.0 Å². The van der Waals surface area contributed by atoms with Gasteiger partial charge in [-0.05, 0) is 33.0 Å². The third kappa shape index (κ3) is 3.35. The molecule has 1 amide bonds. The van der Waals surface area contributed by atoms with Gasteiger partial charge in [0.05, 0.1) is 31.4 Å². The molecule has 2 unspecified atom stereocenters. The van der Waals surface area contributed by atoms with Crippen LogP contribution in [0.3, 0.4) is 0 Å². The van der Waals surface area contributed by atoms with Gasteiger partial charge < -0.3 is 15.0 Å². The van der Waals surface area contributed by atoms with Gasteiger partial charge in [-0.2, -0.15) is 0 Å². The first-order valence-corrected chi connectivity index (χ1v) is 7.09. The van der Waals surface area contributed by atoms with Gasteiger partial charge in [-0.3, -0.25) is 9.78 Å². The van der Waals surface area contributed by atoms with Crippen LogP contribution in [-0.4, -0.2) is 48.1 Å². The van der Waals surface area contributed by atoms with Gasteiger partial charge in [0.2, 0.25) is 5.91 Å². The minimum atomic E-state index is -0.105. The molecule has 5 heteroatoms. The molecule has 1 aromatic heterocycles. The molecule has 20 heavy (non-hydrogen) atoms. The number of hydrogen-bond acceptors (Lipinski definition) is 4. The molecule has 0 bridgehead atoms. The number of amides is 1. The van der Waals surface area contributed by atoms with E-state index < -0.39 is 0 Å². The standard InChI is InChI=1S/C15H23N3O2/c1-11(2)18(8-12-6-4-5-7-17-12)15(19)13-9-20-10-14(13)16-3/h4-7,11,13-14,16H,8-10H2,1-3H3. The second-order valence-corrected chi connectivity index (χ2v) is 5.42. The van der Waals surface area contributed by atoms with Gasteiger partial charge >= 0.3 is 0 Å². The molecule has 0 aromatic carbocycles. The number of aromatic nitrogens is 1. The van der Waals surface area contributed by atoms with Crippen molar-refractivity contribution in [2.75, 3.05) is 20.3 Å². The first kappa shape index (κ1) is 14.9. The van der Waals surface area contributed by atoms with Gasteiger partial charge in [0.25, 0.3) is 0 Å². The van der Waals surface area contributed by atoms with E-state index in [9.17, 15) is 4.79 Å². The first-order valence-electron chi connectivity index (χ1n) is 7.09. The van der Waals surface area contributed by atoms with E-state index in [0.717, 1.165) is 5.69 Å². The van der Waals surface area contributed by atoms with Crippen LogP contribution in [0.5, 0.6) is 0 Å². The highest BCUT2D eigenvalue weighted by molar-refractivity contribution is 5.80. The summed E-state index contributed by atoms with van der Waals surface area (Å²) in [6.07, 6.45) is 1.76. The number of carbonyl (C=O) groups is 1. The largest absolute Gasteiger partial charge is 0.379 e. The third-order valence-electron chi connectivity index (χ3n) is 3.73. The minimum Gasteiger partial charge on any atom is -0.379 e. The van der Waals surface area contributed by atoms with Gasteiger partial charge in [0, 0.05) is 18.3 Å². The normalized spacial score (nSPS) is 22.2. The van der Waals surface area contributed by atoms with Crippen LogP contribution in [-0.2, 0) is 16.1 Å². The zero-order valence-electron chi connectivity index (χ0n) is 12.4. The van der Waals surface area contributed by atoms with E-state index in [1.165, 1.54) is 0 Å². The number of ether oxygens (including phenoxy) is 1. The van der Waals surface area contributed by atoms with Crippen molar-refractivity contribution in [3.8, 4) is 0 Å². The summed E-state index contributed by atoms with van der Waals surface area (Å²) in [4.78, 5) is 18.9. The van der Waals surface area contributed by atoms with E-state index in [-0.39, 0.29) is 23.9 Å². The molecule has 1 saturated heterocycles. The van der Waals surface area contributed by atoms with Crippen molar-refractivity contribution >= 4 is 5.91 Å². The number of rotatable bonds is 5. The summed E-state index contributed by atoms with van der Waals surface area (Å²) in [6, 6.07) is 6.02. The summed E-state index contributed by atoms with van der Waals surface area (Å²) in [7, 11) is 1.87. The van der Waals surface area contributed by atoms with Crippen LogP contribution in [0.25, 0.3) is 0 Å². The van der Waals surface area contributed by atoms with Crippen LogP contribution in [0.4, 0.5) is 0 Å². The highest BCUT2D eigenvalue weighted by Gasteiger charge is 2.36. The summed E-state index contributed by atoms with van der Waals surface area (Å²) in [5, 5.41) is 3.16. The van der Waals surface area contributed by atoms with Crippen molar-refractivity contribution in [1.82, 2.24) is 15.2 Å². The number of nitrogens with one attached hydrogen (secondary N) is 1. The zero-order valence-corrected chi connectivity index (χ0v) is 12.4. The summed E-state index contributed by atoms with van der Waals surface area (Å²) < 4.78 is 5.44. The Labute approximate surface area is 120 Å². The van der Waals surface area contributed by atoms with E-state index in [1.54, 1.807) is 6.20 Å². The lowest BCUT2D eigenvalue weighted by Crippen LogP contribution is -2.47. The van der Waals surface area contributed by atoms with Crippen molar-refractivity contribution in [3.63, 3.8) is 0 Å². The third-order valence-corrected chi connectivity index (χ3v) is 3.73. The van der Waals surface area contributed by atoms with Crippen molar-refractivity contribution in [2.45, 2.75) is 32.5 Å². The predicted molar refractivity (Wildman–Crippen MR) is 77.1 cm³/mol. The predicted octanol–water partition coefficient (Wildman–Crippen LogP) is 1.05. The number of hydrogen-bond donors (Lipinski definition) is 1. The Balaban J connectivity index is 2.10. The Morgan fingerprint density at radius 3 is 2.90 bits per heavy atom. The zero-order chi connectivity index (χ0) is 14.5. The van der Waals surface area contributed by atoms with E-state index >= 15 is 0 Å². The molecule has 0 aliphatic carbocycles. The highest BCUT2D eigenvalue weighted by Crippen LogP contribution is 2.19. The average molecular weight is 277 g/mol. The second kappa shape index (κ2) is 6.81. The fourth-order valence-corrected chi connectivity index (χ4v) is 2.48. The van der Waals surface area contributed by atoms with Crippen molar-refractivity contribution in [1.29, 1.82) is 0 Å². The molecule has 1 aliphatic heterocycles. The summed E-state index contributed by atoms with van der Waals surface area (Å²) >= 11 is 0. The Bertz CT molecular complexity index is 436. The van der Waals surface area contributed by atoms with Gasteiger partial charge in [-0.1, -0.05) is 6.07 Å². The summed E-state index contributed by atoms with van der Waals surface area (Å²) in [5.41, 5.74) is 0.912. The Hall–Kier alpha value is -1.46. The molecule has 1 aliphatic rings. The SMILES string of the molecule is CNC1COCC1C(=O)N(Cc1ccccn1)C(C)C. The van der Waals surface area contributed by atoms with Gasteiger partial charge in [-0.25, -0.2) is 0 Å². The smallest absolute Gasteiger partial charge is 0.230 e. The molecule has 5 nitrogen and oxygen atoms in total. The number of pyridine rings is 1. The molecular formula is C15H23N3O2. The minimum absolute atomic E-state index is 0.104. The lowest BCUT2D eigenvalue weighted by atomic mass is 10.0. The van der Waals surface area contributed by atoms with Crippen LogP contribution in [0.2, 0.25) is 0 Å². The molecule has 110 valence electrons. The molecule has 2 heterocycles. The summed E-state index contributed by atoms with van der Waals surface area (Å²) in [6.45, 7) is 5.71. The quantitative estimate of drug-likeness (QED) is 0.874. The fraction of sp³-hybridized carbons (Fsp3) is 0.600. The molecule has 2 atom stereocenters. The van der Waals surface area contributed by atoms with Crippen LogP contribution in [0.1, 0.15) is 19.5 Å². The van der Waals surface area contributed by atoms with Gasteiger partial charge in [0.1, 0.15) is 0 Å². The summed E-state index contributed by atoms with van der Waals surface area (Å²) in [5.74, 6) is 0.0358. The van der Waals surface area contributed by atoms with E-state index in [4.69, 9.17) is 4.74 Å². The maximum atomic E-state index is 12.7. The molecule has 1 aromatic rings. The molecule has 2 rings (SSSR count). The Morgan fingerprint density at radius 1 is 1.50 bits per heavy atom. The van der Waals surface area contributed by atoms with E-state index in [2.05, 4.69) is 10.3 Å². The van der Waals surface area contributed by atoms with E-state index in [0.29, 0.717) is 19.8 Å². The lowest BCUT2D eigenvalue weighted by molar-refractivity contribution is -0.138. The molecule has 0 radical (unpaired) electrons. The maximum Gasteiger partial charge on any atom is 0.230 e. The van der Waals surface area contributed by atoms with Crippen molar-refractivity contribution in [3.05, 3.63) is 30.1 Å². The Kier molecular flexibility index (Phi) is 5.09. The lowest BCUT2D eigenvalue weighted by Gasteiger charge is -2.30. The molecular weight excluding hydrogens is 254 g/mol. The monoisotopic (exact) mass is 277 g/mol.